The third kappa shape index (κ3) is 1.63. The number of aromatic amines is 1. The summed E-state index contributed by atoms with van der Waals surface area (Å²) in [6, 6.07) is 8.41. The summed E-state index contributed by atoms with van der Waals surface area (Å²) in [5.74, 6) is 1.59. The van der Waals surface area contributed by atoms with Gasteiger partial charge < -0.3 is 10.3 Å². The Morgan fingerprint density at radius 1 is 1.31 bits per heavy atom. The highest BCUT2D eigenvalue weighted by molar-refractivity contribution is 5.56. The summed E-state index contributed by atoms with van der Waals surface area (Å²) in [4.78, 5) is 7.85. The van der Waals surface area contributed by atoms with Crippen LogP contribution in [0.25, 0.3) is 11.4 Å². The molecule has 2 N–H and O–H groups in total. The largest absolute Gasteiger partial charge is 0.342 e. The summed E-state index contributed by atoms with van der Waals surface area (Å²) in [6.45, 7) is 4.23. The molecule has 2 heterocycles. The van der Waals surface area contributed by atoms with Crippen molar-refractivity contribution in [2.45, 2.75) is 12.8 Å². The average molecular weight is 213 g/mol. The van der Waals surface area contributed by atoms with Gasteiger partial charge in [-0.2, -0.15) is 0 Å². The normalized spacial score (nSPS) is 16.1. The predicted octanol–water partition coefficient (Wildman–Crippen LogP) is 2.07. The van der Waals surface area contributed by atoms with Crippen LogP contribution in [0, 0.1) is 6.92 Å². The fourth-order valence-corrected chi connectivity index (χ4v) is 1.99. The van der Waals surface area contributed by atoms with Crippen molar-refractivity contribution in [3.63, 3.8) is 0 Å². The molecule has 3 heteroatoms. The van der Waals surface area contributed by atoms with Crippen LogP contribution < -0.4 is 5.32 Å². The van der Waals surface area contributed by atoms with Gasteiger partial charge in [0.1, 0.15) is 5.82 Å². The lowest BCUT2D eigenvalue weighted by molar-refractivity contribution is 0.441. The van der Waals surface area contributed by atoms with Crippen molar-refractivity contribution >= 4 is 0 Å². The van der Waals surface area contributed by atoms with Gasteiger partial charge in [0.2, 0.25) is 0 Å². The Morgan fingerprint density at radius 3 is 2.88 bits per heavy atom. The van der Waals surface area contributed by atoms with E-state index in [4.69, 9.17) is 0 Å². The molecule has 1 aromatic carbocycles. The summed E-state index contributed by atoms with van der Waals surface area (Å²) in [7, 11) is 0. The minimum atomic E-state index is 0.617. The van der Waals surface area contributed by atoms with E-state index in [-0.39, 0.29) is 0 Å². The Bertz CT molecular complexity index is 497. The van der Waals surface area contributed by atoms with Crippen molar-refractivity contribution in [1.29, 1.82) is 0 Å². The van der Waals surface area contributed by atoms with Gasteiger partial charge in [0, 0.05) is 36.5 Å². The second-order valence-corrected chi connectivity index (χ2v) is 4.41. The lowest BCUT2D eigenvalue weighted by Crippen LogP contribution is -2.40. The highest BCUT2D eigenvalue weighted by Gasteiger charge is 2.20. The fourth-order valence-electron chi connectivity index (χ4n) is 1.99. The second-order valence-electron chi connectivity index (χ2n) is 4.41. The monoisotopic (exact) mass is 213 g/mol. The third-order valence-corrected chi connectivity index (χ3v) is 3.11. The average Bonchev–Trinajstić information content (AvgIpc) is 2.64. The zero-order valence-corrected chi connectivity index (χ0v) is 9.33. The van der Waals surface area contributed by atoms with Crippen LogP contribution in [-0.2, 0) is 0 Å². The Morgan fingerprint density at radius 2 is 2.19 bits per heavy atom. The van der Waals surface area contributed by atoms with E-state index in [1.165, 1.54) is 16.8 Å². The van der Waals surface area contributed by atoms with Gasteiger partial charge >= 0.3 is 0 Å². The summed E-state index contributed by atoms with van der Waals surface area (Å²) in [5, 5.41) is 3.27. The minimum Gasteiger partial charge on any atom is -0.342 e. The van der Waals surface area contributed by atoms with Gasteiger partial charge in [0.25, 0.3) is 0 Å². The molecule has 0 spiro atoms. The Labute approximate surface area is 94.9 Å². The topological polar surface area (TPSA) is 40.7 Å². The molecule has 0 radical (unpaired) electrons. The van der Waals surface area contributed by atoms with Gasteiger partial charge in [-0.3, -0.25) is 0 Å². The molecule has 1 aliphatic heterocycles. The molecule has 1 aliphatic rings. The van der Waals surface area contributed by atoms with Crippen LogP contribution in [0.4, 0.5) is 0 Å². The van der Waals surface area contributed by atoms with Crippen LogP contribution in [0.15, 0.2) is 30.5 Å². The molecule has 0 saturated carbocycles. The third-order valence-electron chi connectivity index (χ3n) is 3.11. The summed E-state index contributed by atoms with van der Waals surface area (Å²) >= 11 is 0. The zero-order valence-electron chi connectivity index (χ0n) is 9.33. The molecule has 82 valence electrons. The summed E-state index contributed by atoms with van der Waals surface area (Å²) < 4.78 is 0. The molecule has 3 nitrogen and oxygen atoms in total. The molecular formula is C13H15N3. The molecule has 0 aliphatic carbocycles. The lowest BCUT2D eigenvalue weighted by Gasteiger charge is -2.25. The van der Waals surface area contributed by atoms with E-state index in [1.54, 1.807) is 0 Å². The number of aromatic nitrogens is 2. The first-order valence-corrected chi connectivity index (χ1v) is 5.65. The molecule has 0 bridgehead atoms. The number of imidazole rings is 1. The molecule has 2 aromatic rings. The van der Waals surface area contributed by atoms with E-state index < -0.39 is 0 Å². The van der Waals surface area contributed by atoms with Crippen LogP contribution in [-0.4, -0.2) is 23.1 Å². The standard InChI is InChI=1S/C13H15N3/c1-9-3-2-4-10(5-9)13-15-8-12(16-13)11-6-14-7-11/h2-5,8,11,14H,6-7H2,1H3,(H,15,16). The van der Waals surface area contributed by atoms with E-state index in [1.807, 2.05) is 6.20 Å². The van der Waals surface area contributed by atoms with Gasteiger partial charge in [-0.1, -0.05) is 23.8 Å². The molecular weight excluding hydrogens is 198 g/mol. The van der Waals surface area contributed by atoms with Crippen molar-refractivity contribution in [3.05, 3.63) is 41.7 Å². The van der Waals surface area contributed by atoms with Crippen LogP contribution >= 0.6 is 0 Å². The number of nitrogens with one attached hydrogen (secondary N) is 2. The highest BCUT2D eigenvalue weighted by atomic mass is 15.0. The number of H-pyrrole nitrogens is 1. The fraction of sp³-hybridized carbons (Fsp3) is 0.308. The van der Waals surface area contributed by atoms with Crippen LogP contribution in [0.1, 0.15) is 17.2 Å². The number of aryl methyl sites for hydroxylation is 1. The maximum Gasteiger partial charge on any atom is 0.137 e. The molecule has 3 rings (SSSR count). The van der Waals surface area contributed by atoms with E-state index >= 15 is 0 Å². The maximum absolute atomic E-state index is 4.45. The number of rotatable bonds is 2. The van der Waals surface area contributed by atoms with Crippen molar-refractivity contribution in [2.24, 2.45) is 0 Å². The molecule has 1 fully saturated rings. The Kier molecular flexibility index (Phi) is 2.26. The first kappa shape index (κ1) is 9.60. The first-order chi connectivity index (χ1) is 7.83. The number of nitrogens with zero attached hydrogens (tertiary/aromatic N) is 1. The predicted molar refractivity (Wildman–Crippen MR) is 64.4 cm³/mol. The smallest absolute Gasteiger partial charge is 0.137 e. The Balaban J connectivity index is 1.91. The van der Waals surface area contributed by atoms with Gasteiger partial charge in [0.05, 0.1) is 0 Å². The lowest BCUT2D eigenvalue weighted by atomic mass is 10.0. The zero-order chi connectivity index (χ0) is 11.0. The maximum atomic E-state index is 4.45. The molecule has 16 heavy (non-hydrogen) atoms. The Hall–Kier alpha value is -1.61. The minimum absolute atomic E-state index is 0.617. The van der Waals surface area contributed by atoms with Crippen molar-refractivity contribution in [1.82, 2.24) is 15.3 Å². The van der Waals surface area contributed by atoms with Gasteiger partial charge in [-0.05, 0) is 13.0 Å². The van der Waals surface area contributed by atoms with Crippen LogP contribution in [0.2, 0.25) is 0 Å². The number of benzene rings is 1. The van der Waals surface area contributed by atoms with E-state index in [2.05, 4.69) is 46.5 Å². The van der Waals surface area contributed by atoms with Crippen molar-refractivity contribution in [2.75, 3.05) is 13.1 Å². The molecule has 0 amide bonds. The first-order valence-electron chi connectivity index (χ1n) is 5.65. The molecule has 1 aromatic heterocycles. The van der Waals surface area contributed by atoms with E-state index in [9.17, 15) is 0 Å². The van der Waals surface area contributed by atoms with Gasteiger partial charge in [0.15, 0.2) is 0 Å². The number of hydrogen-bond acceptors (Lipinski definition) is 2. The van der Waals surface area contributed by atoms with E-state index in [0.29, 0.717) is 5.92 Å². The molecule has 0 unspecified atom stereocenters. The highest BCUT2D eigenvalue weighted by Crippen LogP contribution is 2.22. The quantitative estimate of drug-likeness (QED) is 0.801. The molecule has 0 atom stereocenters. The van der Waals surface area contributed by atoms with Gasteiger partial charge in [-0.25, -0.2) is 4.98 Å². The summed E-state index contributed by atoms with van der Waals surface area (Å²) in [6.07, 6.45) is 1.96. The van der Waals surface area contributed by atoms with Gasteiger partial charge in [-0.15, -0.1) is 0 Å². The molecule has 1 saturated heterocycles. The summed E-state index contributed by atoms with van der Waals surface area (Å²) in [5.41, 5.74) is 3.68. The van der Waals surface area contributed by atoms with Crippen LogP contribution in [0.3, 0.4) is 0 Å². The second kappa shape index (κ2) is 3.76. The van der Waals surface area contributed by atoms with Crippen molar-refractivity contribution < 1.29 is 0 Å². The van der Waals surface area contributed by atoms with Crippen molar-refractivity contribution in [3.8, 4) is 11.4 Å². The SMILES string of the molecule is Cc1cccc(-c2ncc(C3CNC3)[nH]2)c1. The van der Waals surface area contributed by atoms with Crippen LogP contribution in [0.5, 0.6) is 0 Å². The van der Waals surface area contributed by atoms with E-state index in [0.717, 1.165) is 18.9 Å². The number of hydrogen-bond donors (Lipinski definition) is 2.